The van der Waals surface area contributed by atoms with Crippen molar-refractivity contribution in [1.82, 2.24) is 19.8 Å². The van der Waals surface area contributed by atoms with Crippen LogP contribution in [0.3, 0.4) is 0 Å². The van der Waals surface area contributed by atoms with E-state index in [4.69, 9.17) is 11.6 Å². The fourth-order valence-corrected chi connectivity index (χ4v) is 2.86. The van der Waals surface area contributed by atoms with E-state index in [0.29, 0.717) is 10.1 Å². The van der Waals surface area contributed by atoms with E-state index < -0.39 is 0 Å². The normalized spacial score (nSPS) is 10.5. The van der Waals surface area contributed by atoms with Gasteiger partial charge in [-0.25, -0.2) is 0 Å². The van der Waals surface area contributed by atoms with Gasteiger partial charge < -0.3 is 0 Å². The number of nitrogens with zero attached hydrogens (tertiary/aromatic N) is 4. The van der Waals surface area contributed by atoms with Gasteiger partial charge in [-0.05, 0) is 0 Å². The van der Waals surface area contributed by atoms with Crippen LogP contribution in [-0.2, 0) is 5.75 Å². The van der Waals surface area contributed by atoms with Gasteiger partial charge in [-0.3, -0.25) is 0 Å². The molecule has 2 rings (SSSR count). The van der Waals surface area contributed by atoms with Crippen molar-refractivity contribution in [2.75, 3.05) is 0 Å². The summed E-state index contributed by atoms with van der Waals surface area (Å²) < 4.78 is 5.31. The molecule has 0 unspecified atom stereocenters. The molecule has 2 aromatic rings. The molecule has 0 atom stereocenters. The highest BCUT2D eigenvalue weighted by Crippen LogP contribution is 2.27. The van der Waals surface area contributed by atoms with Crippen LogP contribution < -0.4 is 0 Å². The maximum atomic E-state index is 5.83. The van der Waals surface area contributed by atoms with E-state index in [0.717, 1.165) is 10.0 Å². The molecule has 0 aromatic carbocycles. The lowest BCUT2D eigenvalue weighted by Crippen LogP contribution is -1.81. The molecule has 0 aliphatic rings. The van der Waals surface area contributed by atoms with Crippen molar-refractivity contribution in [2.45, 2.75) is 10.1 Å². The van der Waals surface area contributed by atoms with Crippen LogP contribution in [-0.4, -0.2) is 19.8 Å². The fraction of sp³-hybridized carbons (Fsp3) is 0.200. The lowest BCUT2D eigenvalue weighted by atomic mass is 10.6. The van der Waals surface area contributed by atoms with Crippen LogP contribution in [0, 0.1) is 0 Å². The zero-order chi connectivity index (χ0) is 9.10. The first-order valence-electron chi connectivity index (χ1n) is 3.22. The third-order valence-electron chi connectivity index (χ3n) is 1.18. The summed E-state index contributed by atoms with van der Waals surface area (Å²) in [6.07, 6.45) is 0. The standard InChI is InChI=1S/C5H3ClN4S3/c6-4-3(8-10-13-4)1-11-5-9-7-2-12-5/h2H,1H2. The topological polar surface area (TPSA) is 51.6 Å². The molecule has 0 radical (unpaired) electrons. The molecule has 68 valence electrons. The Morgan fingerprint density at radius 2 is 2.38 bits per heavy atom. The monoisotopic (exact) mass is 250 g/mol. The molecule has 2 aromatic heterocycles. The van der Waals surface area contributed by atoms with Gasteiger partial charge in [0.2, 0.25) is 0 Å². The summed E-state index contributed by atoms with van der Waals surface area (Å²) in [4.78, 5) is 0. The highest BCUT2D eigenvalue weighted by atomic mass is 35.5. The van der Waals surface area contributed by atoms with Gasteiger partial charge in [-0.2, -0.15) is 0 Å². The second kappa shape index (κ2) is 4.32. The van der Waals surface area contributed by atoms with Gasteiger partial charge in [-0.1, -0.05) is 39.2 Å². The number of aromatic nitrogens is 4. The summed E-state index contributed by atoms with van der Waals surface area (Å²) in [6, 6.07) is 0. The number of hydrogen-bond donors (Lipinski definition) is 0. The van der Waals surface area contributed by atoms with E-state index >= 15 is 0 Å². The smallest absolute Gasteiger partial charge is 0.146 e. The third kappa shape index (κ3) is 2.37. The quantitative estimate of drug-likeness (QED) is 0.783. The lowest BCUT2D eigenvalue weighted by molar-refractivity contribution is 1.01. The third-order valence-corrected chi connectivity index (χ3v) is 4.04. The van der Waals surface area contributed by atoms with Crippen molar-refractivity contribution in [3.63, 3.8) is 0 Å². The second-order valence-corrected chi connectivity index (χ2v) is 5.40. The van der Waals surface area contributed by atoms with Gasteiger partial charge >= 0.3 is 0 Å². The van der Waals surface area contributed by atoms with Gasteiger partial charge in [0.05, 0.1) is 0 Å². The van der Waals surface area contributed by atoms with Crippen LogP contribution in [0.2, 0.25) is 4.34 Å². The number of thioether (sulfide) groups is 1. The van der Waals surface area contributed by atoms with Gasteiger partial charge in [-0.15, -0.1) is 15.3 Å². The predicted octanol–water partition coefficient (Wildman–Crippen LogP) is 2.34. The Morgan fingerprint density at radius 1 is 1.46 bits per heavy atom. The minimum atomic E-state index is 0.650. The van der Waals surface area contributed by atoms with Crippen molar-refractivity contribution in [3.05, 3.63) is 15.5 Å². The van der Waals surface area contributed by atoms with Crippen molar-refractivity contribution in [3.8, 4) is 0 Å². The summed E-state index contributed by atoms with van der Waals surface area (Å²) >= 11 is 10.1. The first-order valence-corrected chi connectivity index (χ1v) is 6.23. The average molecular weight is 251 g/mol. The Balaban J connectivity index is 1.97. The van der Waals surface area contributed by atoms with Gasteiger partial charge in [0.1, 0.15) is 15.5 Å². The van der Waals surface area contributed by atoms with Crippen molar-refractivity contribution >= 4 is 46.2 Å². The first-order chi connectivity index (χ1) is 6.36. The predicted molar refractivity (Wildman–Crippen MR) is 54.4 cm³/mol. The molecule has 0 amide bonds. The second-order valence-electron chi connectivity index (χ2n) is 1.99. The SMILES string of the molecule is Clc1snnc1CSc1nncs1. The molecule has 0 N–H and O–H groups in total. The summed E-state index contributed by atoms with van der Waals surface area (Å²) in [5.74, 6) is 0.699. The molecule has 2 heterocycles. The molecular formula is C5H3ClN4S3. The van der Waals surface area contributed by atoms with E-state index in [1.54, 1.807) is 17.3 Å². The summed E-state index contributed by atoms with van der Waals surface area (Å²) in [6.45, 7) is 0. The fourth-order valence-electron chi connectivity index (χ4n) is 0.639. The van der Waals surface area contributed by atoms with Crippen LogP contribution in [0.25, 0.3) is 0 Å². The molecule has 0 saturated heterocycles. The molecule has 4 nitrogen and oxygen atoms in total. The number of halogens is 1. The molecular weight excluding hydrogens is 248 g/mol. The Labute approximate surface area is 91.5 Å². The van der Waals surface area contributed by atoms with Crippen LogP contribution in [0.5, 0.6) is 0 Å². The van der Waals surface area contributed by atoms with Gasteiger partial charge in [0.25, 0.3) is 0 Å². The molecule has 0 saturated carbocycles. The minimum absolute atomic E-state index is 0.650. The Hall–Kier alpha value is -0.240. The minimum Gasteiger partial charge on any atom is -0.146 e. The Bertz CT molecular complexity index is 373. The van der Waals surface area contributed by atoms with E-state index in [1.165, 1.54) is 22.9 Å². The molecule has 0 bridgehead atoms. The van der Waals surface area contributed by atoms with Crippen LogP contribution in [0.4, 0.5) is 0 Å². The van der Waals surface area contributed by atoms with Gasteiger partial charge in [0, 0.05) is 17.3 Å². The number of rotatable bonds is 3. The van der Waals surface area contributed by atoms with Crippen LogP contribution in [0.15, 0.2) is 9.85 Å². The highest BCUT2D eigenvalue weighted by molar-refractivity contribution is 8.00. The Morgan fingerprint density at radius 3 is 3.00 bits per heavy atom. The Kier molecular flexibility index (Phi) is 3.09. The maximum absolute atomic E-state index is 5.83. The lowest BCUT2D eigenvalue weighted by Gasteiger charge is -1.91. The molecule has 0 fully saturated rings. The molecule has 0 spiro atoms. The van der Waals surface area contributed by atoms with Crippen molar-refractivity contribution in [1.29, 1.82) is 0 Å². The summed E-state index contributed by atoms with van der Waals surface area (Å²) in [5, 5.41) is 11.5. The summed E-state index contributed by atoms with van der Waals surface area (Å²) in [7, 11) is 0. The zero-order valence-corrected chi connectivity index (χ0v) is 9.38. The van der Waals surface area contributed by atoms with Crippen LogP contribution in [0.1, 0.15) is 5.69 Å². The largest absolute Gasteiger partial charge is 0.174 e. The zero-order valence-electron chi connectivity index (χ0n) is 6.18. The average Bonchev–Trinajstić information content (AvgIpc) is 2.72. The maximum Gasteiger partial charge on any atom is 0.174 e. The molecule has 8 heteroatoms. The van der Waals surface area contributed by atoms with E-state index in [-0.39, 0.29) is 0 Å². The van der Waals surface area contributed by atoms with E-state index in [1.807, 2.05) is 0 Å². The molecule has 13 heavy (non-hydrogen) atoms. The van der Waals surface area contributed by atoms with E-state index in [9.17, 15) is 0 Å². The van der Waals surface area contributed by atoms with Crippen LogP contribution >= 0.6 is 46.2 Å². The highest BCUT2D eigenvalue weighted by Gasteiger charge is 2.06. The summed E-state index contributed by atoms with van der Waals surface area (Å²) in [5.41, 5.74) is 2.51. The van der Waals surface area contributed by atoms with Crippen molar-refractivity contribution in [2.24, 2.45) is 0 Å². The van der Waals surface area contributed by atoms with Crippen molar-refractivity contribution < 1.29 is 0 Å². The molecule has 0 aliphatic carbocycles. The number of hydrogen-bond acceptors (Lipinski definition) is 7. The van der Waals surface area contributed by atoms with Gasteiger partial charge in [0.15, 0.2) is 4.34 Å². The first kappa shape index (κ1) is 9.32. The van der Waals surface area contributed by atoms with E-state index in [2.05, 4.69) is 19.8 Å². The molecule has 0 aliphatic heterocycles.